The van der Waals surface area contributed by atoms with E-state index in [-0.39, 0.29) is 35.6 Å². The summed E-state index contributed by atoms with van der Waals surface area (Å²) >= 11 is 0. The predicted octanol–water partition coefficient (Wildman–Crippen LogP) is 2.35. The first-order chi connectivity index (χ1) is 9.95. The third-order valence-corrected chi connectivity index (χ3v) is 2.85. The molecule has 0 atom stereocenters. The van der Waals surface area contributed by atoms with Gasteiger partial charge >= 0.3 is 0 Å². The molecule has 0 aliphatic heterocycles. The molecule has 2 aromatic rings. The molecule has 0 spiro atoms. The summed E-state index contributed by atoms with van der Waals surface area (Å²) in [5.74, 6) is -2.10. The van der Waals surface area contributed by atoms with E-state index in [0.29, 0.717) is 0 Å². The van der Waals surface area contributed by atoms with E-state index < -0.39 is 17.5 Å². The number of benzene rings is 2. The number of rotatable bonds is 4. The monoisotopic (exact) mass is 293 g/mol. The summed E-state index contributed by atoms with van der Waals surface area (Å²) in [4.78, 5) is 11.8. The zero-order valence-electron chi connectivity index (χ0n) is 10.9. The highest BCUT2D eigenvalue weighted by Crippen LogP contribution is 2.20. The van der Waals surface area contributed by atoms with Crippen LogP contribution in [0.15, 0.2) is 36.4 Å². The molecule has 0 saturated carbocycles. The van der Waals surface area contributed by atoms with Crippen molar-refractivity contribution < 1.29 is 23.8 Å². The molecule has 6 heteroatoms. The van der Waals surface area contributed by atoms with Gasteiger partial charge in [0.15, 0.2) is 0 Å². The van der Waals surface area contributed by atoms with Crippen LogP contribution in [0.5, 0.6) is 11.5 Å². The van der Waals surface area contributed by atoms with Crippen LogP contribution in [0, 0.1) is 11.6 Å². The molecule has 4 nitrogen and oxygen atoms in total. The van der Waals surface area contributed by atoms with Crippen LogP contribution in [0.1, 0.15) is 15.9 Å². The molecule has 0 aliphatic carbocycles. The van der Waals surface area contributed by atoms with Crippen LogP contribution in [0.4, 0.5) is 8.78 Å². The minimum Gasteiger partial charge on any atom is -0.508 e. The lowest BCUT2D eigenvalue weighted by molar-refractivity contribution is 0.0953. The normalized spacial score (nSPS) is 10.4. The first-order valence-corrected chi connectivity index (χ1v) is 6.21. The third-order valence-electron chi connectivity index (χ3n) is 2.85. The summed E-state index contributed by atoms with van der Waals surface area (Å²) < 4.78 is 26.4. The van der Waals surface area contributed by atoms with Crippen molar-refractivity contribution in [3.8, 4) is 11.5 Å². The highest BCUT2D eigenvalue weighted by Gasteiger charge is 2.09. The van der Waals surface area contributed by atoms with Gasteiger partial charge in [0.05, 0.1) is 0 Å². The Bertz CT molecular complexity index is 654. The van der Waals surface area contributed by atoms with E-state index in [9.17, 15) is 23.8 Å². The molecule has 110 valence electrons. The maximum Gasteiger partial charge on any atom is 0.251 e. The fraction of sp³-hybridized carbons (Fsp3) is 0.133. The number of carbonyl (C=O) groups excluding carboxylic acids is 1. The number of phenols is 2. The molecule has 1 amide bonds. The zero-order valence-corrected chi connectivity index (χ0v) is 10.9. The van der Waals surface area contributed by atoms with Crippen molar-refractivity contribution in [3.05, 3.63) is 59.2 Å². The van der Waals surface area contributed by atoms with Crippen LogP contribution in [0.3, 0.4) is 0 Å². The molecule has 21 heavy (non-hydrogen) atoms. The van der Waals surface area contributed by atoms with E-state index in [4.69, 9.17) is 0 Å². The summed E-state index contributed by atoms with van der Waals surface area (Å²) in [5.41, 5.74) is 0.237. The van der Waals surface area contributed by atoms with Crippen LogP contribution in [0.2, 0.25) is 0 Å². The van der Waals surface area contributed by atoms with Crippen LogP contribution in [-0.2, 0) is 6.42 Å². The van der Waals surface area contributed by atoms with E-state index in [1.807, 2.05) is 0 Å². The van der Waals surface area contributed by atoms with E-state index in [2.05, 4.69) is 5.32 Å². The molecule has 0 saturated heterocycles. The molecule has 0 radical (unpaired) electrons. The highest BCUT2D eigenvalue weighted by molar-refractivity contribution is 5.95. The molecule has 0 heterocycles. The molecule has 0 bridgehead atoms. The second-order valence-electron chi connectivity index (χ2n) is 4.48. The maximum absolute atomic E-state index is 13.4. The Labute approximate surface area is 119 Å². The molecular weight excluding hydrogens is 280 g/mol. The number of aromatic hydroxyl groups is 2. The number of phenolic OH excluding ortho intramolecular Hbond substituents is 2. The van der Waals surface area contributed by atoms with Crippen LogP contribution in [0.25, 0.3) is 0 Å². The van der Waals surface area contributed by atoms with Gasteiger partial charge in [-0.25, -0.2) is 8.78 Å². The van der Waals surface area contributed by atoms with Gasteiger partial charge in [-0.15, -0.1) is 0 Å². The van der Waals surface area contributed by atoms with Gasteiger partial charge in [0.1, 0.15) is 23.1 Å². The number of amides is 1. The molecule has 0 fully saturated rings. The van der Waals surface area contributed by atoms with Gasteiger partial charge in [-0.2, -0.15) is 0 Å². The first-order valence-electron chi connectivity index (χ1n) is 6.21. The SMILES string of the molecule is O=C(NCCc1cc(F)ccc1F)c1cc(O)cc(O)c1. The molecule has 2 rings (SSSR count). The van der Waals surface area contributed by atoms with Crippen molar-refractivity contribution in [1.82, 2.24) is 5.32 Å². The molecule has 2 aromatic carbocycles. The molecule has 0 aromatic heterocycles. The number of carbonyl (C=O) groups is 1. The summed E-state index contributed by atoms with van der Waals surface area (Å²) in [6.07, 6.45) is 0.125. The minimum absolute atomic E-state index is 0.0761. The second kappa shape index (κ2) is 6.21. The Morgan fingerprint density at radius 3 is 2.38 bits per heavy atom. The number of hydrogen-bond donors (Lipinski definition) is 3. The molecule has 0 aliphatic rings. The summed E-state index contributed by atoms with van der Waals surface area (Å²) in [6.45, 7) is 0.0929. The van der Waals surface area contributed by atoms with E-state index in [1.165, 1.54) is 12.1 Å². The standard InChI is InChI=1S/C15H13F2NO3/c16-11-1-2-14(17)9(5-11)3-4-18-15(21)10-6-12(19)8-13(20)7-10/h1-2,5-8,19-20H,3-4H2,(H,18,21). The van der Waals surface area contributed by atoms with Crippen molar-refractivity contribution in [1.29, 1.82) is 0 Å². The maximum atomic E-state index is 13.4. The van der Waals surface area contributed by atoms with Gasteiger partial charge in [-0.1, -0.05) is 0 Å². The van der Waals surface area contributed by atoms with Gasteiger partial charge in [0.25, 0.3) is 5.91 Å². The van der Waals surface area contributed by atoms with E-state index in [1.54, 1.807) is 0 Å². The third kappa shape index (κ3) is 3.92. The Balaban J connectivity index is 1.96. The fourth-order valence-electron chi connectivity index (χ4n) is 1.87. The van der Waals surface area contributed by atoms with Crippen LogP contribution < -0.4 is 5.32 Å². The average Bonchev–Trinajstić information content (AvgIpc) is 2.41. The smallest absolute Gasteiger partial charge is 0.251 e. The van der Waals surface area contributed by atoms with E-state index >= 15 is 0 Å². The second-order valence-corrected chi connectivity index (χ2v) is 4.48. The Morgan fingerprint density at radius 1 is 1.05 bits per heavy atom. The Hall–Kier alpha value is -2.63. The molecule has 0 unspecified atom stereocenters. The van der Waals surface area contributed by atoms with Crippen molar-refractivity contribution in [2.24, 2.45) is 0 Å². The van der Waals surface area contributed by atoms with Gasteiger partial charge in [-0.3, -0.25) is 4.79 Å². The van der Waals surface area contributed by atoms with Crippen molar-refractivity contribution in [2.75, 3.05) is 6.54 Å². The Kier molecular flexibility index (Phi) is 4.37. The Morgan fingerprint density at radius 2 is 1.71 bits per heavy atom. The quantitative estimate of drug-likeness (QED) is 0.810. The number of halogens is 2. The lowest BCUT2D eigenvalue weighted by atomic mass is 10.1. The van der Waals surface area contributed by atoms with Crippen molar-refractivity contribution in [3.63, 3.8) is 0 Å². The summed E-state index contributed by atoms with van der Waals surface area (Å²) in [6, 6.07) is 6.60. The number of nitrogens with one attached hydrogen (secondary N) is 1. The molecular formula is C15H13F2NO3. The summed E-state index contributed by atoms with van der Waals surface area (Å²) in [7, 11) is 0. The lowest BCUT2D eigenvalue weighted by Crippen LogP contribution is -2.25. The van der Waals surface area contributed by atoms with Crippen LogP contribution in [-0.4, -0.2) is 22.7 Å². The largest absolute Gasteiger partial charge is 0.508 e. The van der Waals surface area contributed by atoms with Gasteiger partial charge in [0.2, 0.25) is 0 Å². The van der Waals surface area contributed by atoms with Gasteiger partial charge < -0.3 is 15.5 Å². The van der Waals surface area contributed by atoms with Crippen LogP contribution >= 0.6 is 0 Å². The molecule has 3 N–H and O–H groups in total. The fourth-order valence-corrected chi connectivity index (χ4v) is 1.87. The van der Waals surface area contributed by atoms with Gasteiger partial charge in [0, 0.05) is 18.2 Å². The van der Waals surface area contributed by atoms with Crippen molar-refractivity contribution in [2.45, 2.75) is 6.42 Å². The first kappa shape index (κ1) is 14.8. The average molecular weight is 293 g/mol. The van der Waals surface area contributed by atoms with Gasteiger partial charge in [-0.05, 0) is 42.3 Å². The predicted molar refractivity (Wildman–Crippen MR) is 72.2 cm³/mol. The lowest BCUT2D eigenvalue weighted by Gasteiger charge is -2.07. The zero-order chi connectivity index (χ0) is 15.4. The number of hydrogen-bond acceptors (Lipinski definition) is 3. The van der Waals surface area contributed by atoms with E-state index in [0.717, 1.165) is 24.3 Å². The van der Waals surface area contributed by atoms with Crippen molar-refractivity contribution >= 4 is 5.91 Å². The summed E-state index contributed by atoms with van der Waals surface area (Å²) in [5, 5.41) is 21.1. The minimum atomic E-state index is -0.546. The topological polar surface area (TPSA) is 69.6 Å². The highest BCUT2D eigenvalue weighted by atomic mass is 19.1.